The SMILES string of the molecule is CCc1nnc(NC(=O)COc2ccc(Br)cc2C(C)C)s1. The maximum absolute atomic E-state index is 11.9. The van der Waals surface area contributed by atoms with Crippen LogP contribution in [-0.4, -0.2) is 22.7 Å². The average Bonchev–Trinajstić information content (AvgIpc) is 2.93. The van der Waals surface area contributed by atoms with Crippen molar-refractivity contribution in [3.63, 3.8) is 0 Å². The van der Waals surface area contributed by atoms with E-state index in [0.29, 0.717) is 11.0 Å². The molecular formula is C15H18BrN3O2S. The van der Waals surface area contributed by atoms with Crippen LogP contribution >= 0.6 is 27.3 Å². The number of nitrogens with zero attached hydrogens (tertiary/aromatic N) is 2. The number of benzene rings is 1. The molecule has 0 radical (unpaired) electrons. The number of hydrogen-bond acceptors (Lipinski definition) is 5. The fraction of sp³-hybridized carbons (Fsp3) is 0.400. The van der Waals surface area contributed by atoms with Gasteiger partial charge in [-0.3, -0.25) is 10.1 Å². The first-order chi connectivity index (χ1) is 10.5. The van der Waals surface area contributed by atoms with Crippen molar-refractivity contribution < 1.29 is 9.53 Å². The van der Waals surface area contributed by atoms with Gasteiger partial charge < -0.3 is 4.74 Å². The number of aromatic nitrogens is 2. The quantitative estimate of drug-likeness (QED) is 0.818. The van der Waals surface area contributed by atoms with Gasteiger partial charge in [-0.2, -0.15) is 0 Å². The molecule has 0 unspecified atom stereocenters. The summed E-state index contributed by atoms with van der Waals surface area (Å²) in [7, 11) is 0. The lowest BCUT2D eigenvalue weighted by Gasteiger charge is -2.14. The summed E-state index contributed by atoms with van der Waals surface area (Å²) in [6.07, 6.45) is 0.806. The molecular weight excluding hydrogens is 366 g/mol. The Morgan fingerprint density at radius 1 is 1.41 bits per heavy atom. The maximum Gasteiger partial charge on any atom is 0.264 e. The minimum absolute atomic E-state index is 0.0532. The van der Waals surface area contributed by atoms with Crippen LogP contribution in [0.25, 0.3) is 0 Å². The Balaban J connectivity index is 1.96. The molecule has 0 aliphatic rings. The van der Waals surface area contributed by atoms with E-state index in [-0.39, 0.29) is 12.5 Å². The van der Waals surface area contributed by atoms with Crippen molar-refractivity contribution >= 4 is 38.3 Å². The number of nitrogens with one attached hydrogen (secondary N) is 1. The van der Waals surface area contributed by atoms with E-state index < -0.39 is 0 Å². The number of hydrogen-bond donors (Lipinski definition) is 1. The molecule has 0 aliphatic carbocycles. The number of carbonyl (C=O) groups is 1. The first-order valence-electron chi connectivity index (χ1n) is 7.04. The van der Waals surface area contributed by atoms with Gasteiger partial charge in [0.15, 0.2) is 6.61 Å². The molecule has 1 aromatic carbocycles. The zero-order valence-electron chi connectivity index (χ0n) is 12.7. The zero-order valence-corrected chi connectivity index (χ0v) is 15.1. The van der Waals surface area contributed by atoms with E-state index in [1.165, 1.54) is 11.3 Å². The molecule has 118 valence electrons. The monoisotopic (exact) mass is 383 g/mol. The second-order valence-corrected chi connectivity index (χ2v) is 7.01. The van der Waals surface area contributed by atoms with Crippen LogP contribution in [0.15, 0.2) is 22.7 Å². The highest BCUT2D eigenvalue weighted by molar-refractivity contribution is 9.10. The number of ether oxygens (including phenoxy) is 1. The van der Waals surface area contributed by atoms with Crippen LogP contribution in [0.1, 0.15) is 37.3 Å². The van der Waals surface area contributed by atoms with Crippen molar-refractivity contribution in [3.05, 3.63) is 33.2 Å². The molecule has 0 saturated heterocycles. The van der Waals surface area contributed by atoms with Gasteiger partial charge in [-0.1, -0.05) is 48.0 Å². The second-order valence-electron chi connectivity index (χ2n) is 5.03. The van der Waals surface area contributed by atoms with E-state index in [9.17, 15) is 4.79 Å². The third-order valence-electron chi connectivity index (χ3n) is 2.97. The summed E-state index contributed by atoms with van der Waals surface area (Å²) in [5, 5.41) is 12.0. The lowest BCUT2D eigenvalue weighted by Crippen LogP contribution is -2.20. The summed E-state index contributed by atoms with van der Waals surface area (Å²) < 4.78 is 6.64. The van der Waals surface area contributed by atoms with Crippen molar-refractivity contribution in [3.8, 4) is 5.75 Å². The molecule has 5 nitrogen and oxygen atoms in total. The predicted molar refractivity (Wildman–Crippen MR) is 91.6 cm³/mol. The van der Waals surface area contributed by atoms with E-state index in [4.69, 9.17) is 4.74 Å². The largest absolute Gasteiger partial charge is 0.483 e. The molecule has 1 heterocycles. The van der Waals surface area contributed by atoms with E-state index in [1.807, 2.05) is 25.1 Å². The van der Waals surface area contributed by atoms with Crippen molar-refractivity contribution in [1.82, 2.24) is 10.2 Å². The maximum atomic E-state index is 11.9. The van der Waals surface area contributed by atoms with Gasteiger partial charge in [0, 0.05) is 4.47 Å². The molecule has 1 amide bonds. The first kappa shape index (κ1) is 16.9. The second kappa shape index (κ2) is 7.69. The van der Waals surface area contributed by atoms with Gasteiger partial charge in [0.2, 0.25) is 5.13 Å². The van der Waals surface area contributed by atoms with Crippen LogP contribution in [0.3, 0.4) is 0 Å². The van der Waals surface area contributed by atoms with Crippen LogP contribution in [0.5, 0.6) is 5.75 Å². The number of carbonyl (C=O) groups excluding carboxylic acids is 1. The molecule has 1 N–H and O–H groups in total. The molecule has 2 rings (SSSR count). The molecule has 0 fully saturated rings. The molecule has 0 bridgehead atoms. The summed E-state index contributed by atoms with van der Waals surface area (Å²) in [5.41, 5.74) is 1.06. The summed E-state index contributed by atoms with van der Waals surface area (Å²) in [4.78, 5) is 11.9. The van der Waals surface area contributed by atoms with E-state index in [2.05, 4.69) is 45.3 Å². The summed E-state index contributed by atoms with van der Waals surface area (Å²) in [6.45, 7) is 6.11. The highest BCUT2D eigenvalue weighted by atomic mass is 79.9. The Morgan fingerprint density at radius 2 is 2.18 bits per heavy atom. The van der Waals surface area contributed by atoms with Gasteiger partial charge in [0.1, 0.15) is 10.8 Å². The molecule has 2 aromatic rings. The molecule has 7 heteroatoms. The first-order valence-corrected chi connectivity index (χ1v) is 8.65. The van der Waals surface area contributed by atoms with E-state index >= 15 is 0 Å². The molecule has 1 aromatic heterocycles. The number of rotatable bonds is 6. The van der Waals surface area contributed by atoms with Gasteiger partial charge in [0.05, 0.1) is 0 Å². The Hall–Kier alpha value is -1.47. The highest BCUT2D eigenvalue weighted by Crippen LogP contribution is 2.29. The fourth-order valence-corrected chi connectivity index (χ4v) is 2.92. The summed E-state index contributed by atoms with van der Waals surface area (Å²) >= 11 is 4.83. The fourth-order valence-electron chi connectivity index (χ4n) is 1.85. The molecule has 0 saturated carbocycles. The standard InChI is InChI=1S/C15H18BrN3O2S/c1-4-14-18-19-15(22-14)17-13(20)8-21-12-6-5-10(16)7-11(12)9(2)3/h5-7,9H,4,8H2,1-3H3,(H,17,19,20). The van der Waals surface area contributed by atoms with Crippen molar-refractivity contribution in [2.45, 2.75) is 33.1 Å². The molecule has 0 spiro atoms. The van der Waals surface area contributed by atoms with Gasteiger partial charge in [-0.05, 0) is 36.1 Å². The van der Waals surface area contributed by atoms with Gasteiger partial charge >= 0.3 is 0 Å². The van der Waals surface area contributed by atoms with Crippen LogP contribution in [0, 0.1) is 0 Å². The number of halogens is 1. The van der Waals surface area contributed by atoms with Crippen LogP contribution in [0.4, 0.5) is 5.13 Å². The zero-order chi connectivity index (χ0) is 16.1. The average molecular weight is 384 g/mol. The van der Waals surface area contributed by atoms with Crippen LogP contribution < -0.4 is 10.1 Å². The van der Waals surface area contributed by atoms with Crippen LogP contribution in [0.2, 0.25) is 0 Å². The van der Waals surface area contributed by atoms with Gasteiger partial charge in [0.25, 0.3) is 5.91 Å². The predicted octanol–water partition coefficient (Wildman–Crippen LogP) is 4.00. The van der Waals surface area contributed by atoms with E-state index in [0.717, 1.165) is 27.2 Å². The van der Waals surface area contributed by atoms with Gasteiger partial charge in [-0.15, -0.1) is 10.2 Å². The topological polar surface area (TPSA) is 64.1 Å². The normalized spacial score (nSPS) is 10.8. The third-order valence-corrected chi connectivity index (χ3v) is 4.44. The summed E-state index contributed by atoms with van der Waals surface area (Å²) in [5.74, 6) is 0.794. The lowest BCUT2D eigenvalue weighted by atomic mass is 10.0. The smallest absolute Gasteiger partial charge is 0.264 e. The Morgan fingerprint density at radius 3 is 2.82 bits per heavy atom. The molecule has 0 aliphatic heterocycles. The number of amides is 1. The van der Waals surface area contributed by atoms with Gasteiger partial charge in [-0.25, -0.2) is 0 Å². The lowest BCUT2D eigenvalue weighted by molar-refractivity contribution is -0.118. The highest BCUT2D eigenvalue weighted by Gasteiger charge is 2.12. The minimum Gasteiger partial charge on any atom is -0.483 e. The summed E-state index contributed by atoms with van der Waals surface area (Å²) in [6, 6.07) is 5.78. The van der Waals surface area contributed by atoms with E-state index in [1.54, 1.807) is 0 Å². The van der Waals surface area contributed by atoms with Crippen molar-refractivity contribution in [2.75, 3.05) is 11.9 Å². The minimum atomic E-state index is -0.239. The Kier molecular flexibility index (Phi) is 5.90. The molecule has 22 heavy (non-hydrogen) atoms. The Labute approximate surface area is 142 Å². The number of aryl methyl sites for hydroxylation is 1. The molecule has 0 atom stereocenters. The Bertz CT molecular complexity index is 658. The van der Waals surface area contributed by atoms with Crippen LogP contribution in [-0.2, 0) is 11.2 Å². The number of anilines is 1. The van der Waals surface area contributed by atoms with Crippen molar-refractivity contribution in [2.24, 2.45) is 0 Å². The van der Waals surface area contributed by atoms with Crippen molar-refractivity contribution in [1.29, 1.82) is 0 Å². The third kappa shape index (κ3) is 4.51.